The van der Waals surface area contributed by atoms with Gasteiger partial charge >= 0.3 is 6.18 Å². The summed E-state index contributed by atoms with van der Waals surface area (Å²) in [5.41, 5.74) is 0.701. The zero-order valence-electron chi connectivity index (χ0n) is 18.7. The van der Waals surface area contributed by atoms with Crippen LogP contribution in [-0.4, -0.2) is 44.6 Å². The number of amides is 1. The molecule has 35 heavy (non-hydrogen) atoms. The second-order valence-electron chi connectivity index (χ2n) is 7.89. The molecular weight excluding hydrogens is 461 g/mol. The van der Waals surface area contributed by atoms with Crippen molar-refractivity contribution in [2.45, 2.75) is 6.18 Å². The van der Waals surface area contributed by atoms with Crippen molar-refractivity contribution in [2.24, 2.45) is 0 Å². The summed E-state index contributed by atoms with van der Waals surface area (Å²) in [6, 6.07) is 18.4. The minimum absolute atomic E-state index is 0.0548. The number of carbonyl (C=O) groups excluding carboxylic acids is 2. The normalized spacial score (nSPS) is 13.9. The molecule has 1 fully saturated rings. The lowest BCUT2D eigenvalue weighted by Gasteiger charge is -2.31. The van der Waals surface area contributed by atoms with Gasteiger partial charge in [0.25, 0.3) is 5.91 Å². The predicted molar refractivity (Wildman–Crippen MR) is 125 cm³/mol. The SMILES string of the molecule is O=C(COc1ccc(C(=O)c2ccccc2)cc1)Nc1cc(C(F)(F)F)ccc1N1CCOCC1. The van der Waals surface area contributed by atoms with Gasteiger partial charge in [0.05, 0.1) is 30.2 Å². The summed E-state index contributed by atoms with van der Waals surface area (Å²) in [7, 11) is 0. The largest absolute Gasteiger partial charge is 0.484 e. The Bertz CT molecular complexity index is 1180. The number of ketones is 1. The lowest BCUT2D eigenvalue weighted by Crippen LogP contribution is -2.37. The first-order valence-corrected chi connectivity index (χ1v) is 11.0. The van der Waals surface area contributed by atoms with Crippen LogP contribution in [0, 0.1) is 0 Å². The molecule has 0 atom stereocenters. The third kappa shape index (κ3) is 6.19. The van der Waals surface area contributed by atoms with Gasteiger partial charge in [0.2, 0.25) is 0 Å². The van der Waals surface area contributed by atoms with Gasteiger partial charge < -0.3 is 19.7 Å². The fourth-order valence-electron chi connectivity index (χ4n) is 3.69. The van der Waals surface area contributed by atoms with Crippen LogP contribution in [0.1, 0.15) is 21.5 Å². The van der Waals surface area contributed by atoms with E-state index in [0.717, 1.165) is 12.1 Å². The zero-order chi connectivity index (χ0) is 24.8. The van der Waals surface area contributed by atoms with Crippen LogP contribution in [0.4, 0.5) is 24.5 Å². The summed E-state index contributed by atoms with van der Waals surface area (Å²) in [5.74, 6) is -0.402. The van der Waals surface area contributed by atoms with Crippen molar-refractivity contribution in [1.82, 2.24) is 0 Å². The fraction of sp³-hybridized carbons (Fsp3) is 0.231. The molecule has 3 aromatic rings. The Morgan fingerprint density at radius 1 is 0.914 bits per heavy atom. The van der Waals surface area contributed by atoms with E-state index in [0.29, 0.717) is 48.9 Å². The molecule has 6 nitrogen and oxygen atoms in total. The maximum absolute atomic E-state index is 13.3. The summed E-state index contributed by atoms with van der Waals surface area (Å²) in [6.45, 7) is 1.48. The van der Waals surface area contributed by atoms with Crippen LogP contribution < -0.4 is 15.0 Å². The van der Waals surface area contributed by atoms with E-state index in [2.05, 4.69) is 5.32 Å². The number of morpholine rings is 1. The molecule has 1 aliphatic rings. The molecule has 0 radical (unpaired) electrons. The highest BCUT2D eigenvalue weighted by Crippen LogP contribution is 2.35. The first-order valence-electron chi connectivity index (χ1n) is 11.0. The maximum Gasteiger partial charge on any atom is 0.416 e. The van der Waals surface area contributed by atoms with E-state index in [1.165, 1.54) is 6.07 Å². The summed E-state index contributed by atoms with van der Waals surface area (Å²) in [5, 5.41) is 2.54. The zero-order valence-corrected chi connectivity index (χ0v) is 18.7. The highest BCUT2D eigenvalue weighted by atomic mass is 19.4. The number of alkyl halides is 3. The maximum atomic E-state index is 13.3. The number of hydrogen-bond donors (Lipinski definition) is 1. The number of nitrogens with one attached hydrogen (secondary N) is 1. The summed E-state index contributed by atoms with van der Waals surface area (Å²) < 4.78 is 50.5. The monoisotopic (exact) mass is 484 g/mol. The second-order valence-corrected chi connectivity index (χ2v) is 7.89. The van der Waals surface area contributed by atoms with Gasteiger partial charge in [0.1, 0.15) is 5.75 Å². The number of hydrogen-bond acceptors (Lipinski definition) is 5. The molecule has 0 spiro atoms. The lowest BCUT2D eigenvalue weighted by atomic mass is 10.0. The molecule has 0 saturated carbocycles. The molecule has 0 aliphatic carbocycles. The average Bonchev–Trinajstić information content (AvgIpc) is 2.88. The van der Waals surface area contributed by atoms with E-state index in [9.17, 15) is 22.8 Å². The summed E-state index contributed by atoms with van der Waals surface area (Å²) in [4.78, 5) is 26.9. The highest BCUT2D eigenvalue weighted by molar-refractivity contribution is 6.09. The Hall–Kier alpha value is -3.85. The minimum Gasteiger partial charge on any atom is -0.484 e. The van der Waals surface area contributed by atoms with Crippen LogP contribution in [0.15, 0.2) is 72.8 Å². The van der Waals surface area contributed by atoms with Gasteiger partial charge in [-0.2, -0.15) is 13.2 Å². The predicted octanol–water partition coefficient (Wildman–Crippen LogP) is 4.79. The second kappa shape index (κ2) is 10.6. The number of anilines is 2. The number of halogens is 3. The fourth-order valence-corrected chi connectivity index (χ4v) is 3.69. The first-order chi connectivity index (χ1) is 16.8. The topological polar surface area (TPSA) is 67.9 Å². The third-order valence-electron chi connectivity index (χ3n) is 5.47. The molecule has 9 heteroatoms. The van der Waals surface area contributed by atoms with E-state index in [-0.39, 0.29) is 11.5 Å². The van der Waals surface area contributed by atoms with Crippen molar-refractivity contribution in [3.63, 3.8) is 0 Å². The van der Waals surface area contributed by atoms with Crippen molar-refractivity contribution >= 4 is 23.1 Å². The van der Waals surface area contributed by atoms with E-state index in [4.69, 9.17) is 9.47 Å². The minimum atomic E-state index is -4.54. The molecule has 3 aromatic carbocycles. The number of benzene rings is 3. The van der Waals surface area contributed by atoms with Crippen LogP contribution >= 0.6 is 0 Å². The molecule has 1 amide bonds. The molecule has 1 N–H and O–H groups in total. The van der Waals surface area contributed by atoms with Gasteiger partial charge in [-0.15, -0.1) is 0 Å². The van der Waals surface area contributed by atoms with Crippen LogP contribution in [0.25, 0.3) is 0 Å². The molecule has 4 rings (SSSR count). The van der Waals surface area contributed by atoms with Gasteiger partial charge in [-0.05, 0) is 42.5 Å². The Morgan fingerprint density at radius 3 is 2.23 bits per heavy atom. The van der Waals surface area contributed by atoms with Crippen LogP contribution in [0.3, 0.4) is 0 Å². The van der Waals surface area contributed by atoms with Gasteiger partial charge in [-0.3, -0.25) is 9.59 Å². The van der Waals surface area contributed by atoms with Crippen molar-refractivity contribution in [1.29, 1.82) is 0 Å². The van der Waals surface area contributed by atoms with Crippen LogP contribution in [0.5, 0.6) is 5.75 Å². The smallest absolute Gasteiger partial charge is 0.416 e. The van der Waals surface area contributed by atoms with Crippen molar-refractivity contribution in [3.8, 4) is 5.75 Å². The lowest BCUT2D eigenvalue weighted by molar-refractivity contribution is -0.137. The van der Waals surface area contributed by atoms with Crippen LogP contribution in [0.2, 0.25) is 0 Å². The van der Waals surface area contributed by atoms with E-state index in [1.807, 2.05) is 11.0 Å². The molecule has 1 aliphatic heterocycles. The standard InChI is InChI=1S/C26H23F3N2O4/c27-26(28,29)20-8-11-23(31-12-14-34-15-13-31)22(16-20)30-24(32)17-35-21-9-6-19(7-10-21)25(33)18-4-2-1-3-5-18/h1-11,16H,12-15,17H2,(H,30,32). The molecule has 1 heterocycles. The number of rotatable bonds is 7. The van der Waals surface area contributed by atoms with Crippen molar-refractivity contribution < 1.29 is 32.2 Å². The van der Waals surface area contributed by atoms with Gasteiger partial charge in [-0.1, -0.05) is 30.3 Å². The summed E-state index contributed by atoms with van der Waals surface area (Å²) in [6.07, 6.45) is -4.54. The number of nitrogens with zero attached hydrogens (tertiary/aromatic N) is 1. The van der Waals surface area contributed by atoms with Gasteiger partial charge in [0, 0.05) is 24.2 Å². The average molecular weight is 484 g/mol. The van der Waals surface area contributed by atoms with Gasteiger partial charge in [-0.25, -0.2) is 0 Å². The Balaban J connectivity index is 1.42. The Kier molecular flexibility index (Phi) is 7.36. The van der Waals surface area contributed by atoms with Crippen molar-refractivity contribution in [2.75, 3.05) is 43.1 Å². The first kappa shape index (κ1) is 24.3. The third-order valence-corrected chi connectivity index (χ3v) is 5.47. The van der Waals surface area contributed by atoms with Crippen LogP contribution in [-0.2, 0) is 15.7 Å². The van der Waals surface area contributed by atoms with E-state index >= 15 is 0 Å². The highest BCUT2D eigenvalue weighted by Gasteiger charge is 2.32. The Morgan fingerprint density at radius 2 is 1.57 bits per heavy atom. The Labute approximate surface area is 200 Å². The molecular formula is C26H23F3N2O4. The molecule has 0 bridgehead atoms. The van der Waals surface area contributed by atoms with Gasteiger partial charge in [0.15, 0.2) is 12.4 Å². The number of ether oxygens (including phenoxy) is 2. The van der Waals surface area contributed by atoms with E-state index < -0.39 is 24.3 Å². The number of carbonyl (C=O) groups is 2. The molecule has 1 saturated heterocycles. The molecule has 182 valence electrons. The van der Waals surface area contributed by atoms with E-state index in [1.54, 1.807) is 48.5 Å². The van der Waals surface area contributed by atoms with Crippen molar-refractivity contribution in [3.05, 3.63) is 89.5 Å². The quantitative estimate of drug-likeness (QED) is 0.489. The summed E-state index contributed by atoms with van der Waals surface area (Å²) >= 11 is 0. The molecule has 0 unspecified atom stereocenters. The molecule has 0 aromatic heterocycles.